The summed E-state index contributed by atoms with van der Waals surface area (Å²) >= 11 is 0. The molecule has 0 saturated carbocycles. The summed E-state index contributed by atoms with van der Waals surface area (Å²) < 4.78 is 1.56. The molecule has 14 heavy (non-hydrogen) atoms. The largest absolute Gasteiger partial charge is 0.329 e. The third kappa shape index (κ3) is 2.77. The lowest BCUT2D eigenvalue weighted by atomic mass is 10.2. The van der Waals surface area contributed by atoms with Crippen molar-refractivity contribution in [3.05, 3.63) is 23.5 Å². The predicted molar refractivity (Wildman–Crippen MR) is 52.8 cm³/mol. The predicted octanol–water partition coefficient (Wildman–Crippen LogP) is 0.386. The Labute approximate surface area is 82.6 Å². The average Bonchev–Trinajstić information content (AvgIpc) is 2.52. The van der Waals surface area contributed by atoms with E-state index in [-0.39, 0.29) is 5.78 Å². The van der Waals surface area contributed by atoms with Gasteiger partial charge in [-0.15, -0.1) is 5.10 Å². The van der Waals surface area contributed by atoms with Crippen LogP contribution in [0, 0.1) is 0 Å². The Morgan fingerprint density at radius 3 is 2.93 bits per heavy atom. The van der Waals surface area contributed by atoms with Crippen molar-refractivity contribution in [3.8, 4) is 0 Å². The van der Waals surface area contributed by atoms with Crippen LogP contribution in [0.5, 0.6) is 0 Å². The molecule has 0 aliphatic rings. The lowest BCUT2D eigenvalue weighted by Crippen LogP contribution is -2.10. The van der Waals surface area contributed by atoms with Gasteiger partial charge in [0, 0.05) is 6.54 Å². The molecule has 5 heteroatoms. The van der Waals surface area contributed by atoms with Crippen LogP contribution < -0.4 is 5.73 Å². The minimum atomic E-state index is -0.117. The number of carbonyl (C=O) groups excluding carboxylic acids is 1. The summed E-state index contributed by atoms with van der Waals surface area (Å²) in [6.45, 7) is 4.79. The first-order valence-electron chi connectivity index (χ1n) is 4.43. The van der Waals surface area contributed by atoms with Gasteiger partial charge in [-0.2, -0.15) is 0 Å². The van der Waals surface area contributed by atoms with Crippen molar-refractivity contribution < 1.29 is 4.79 Å². The lowest BCUT2D eigenvalue weighted by Gasteiger charge is -1.92. The van der Waals surface area contributed by atoms with Crippen molar-refractivity contribution in [2.75, 3.05) is 6.54 Å². The molecular formula is C9H14N4O. The fraction of sp³-hybridized carbons (Fsp3) is 0.444. The number of allylic oxidation sites excluding steroid dienone is 2. The van der Waals surface area contributed by atoms with E-state index in [1.807, 2.05) is 13.8 Å². The summed E-state index contributed by atoms with van der Waals surface area (Å²) in [6, 6.07) is 0. The van der Waals surface area contributed by atoms with Crippen LogP contribution in [-0.4, -0.2) is 27.3 Å². The number of hydrogen-bond donors (Lipinski definition) is 1. The van der Waals surface area contributed by atoms with Crippen LogP contribution in [0.25, 0.3) is 0 Å². The average molecular weight is 194 g/mol. The zero-order valence-corrected chi connectivity index (χ0v) is 8.40. The molecule has 0 saturated heterocycles. The number of hydrogen-bond acceptors (Lipinski definition) is 4. The third-order valence-electron chi connectivity index (χ3n) is 1.57. The fourth-order valence-electron chi connectivity index (χ4n) is 0.989. The summed E-state index contributed by atoms with van der Waals surface area (Å²) in [4.78, 5) is 11.4. The Morgan fingerprint density at radius 2 is 2.36 bits per heavy atom. The summed E-state index contributed by atoms with van der Waals surface area (Å²) in [6.07, 6.45) is 3.14. The second-order valence-electron chi connectivity index (χ2n) is 3.24. The molecule has 0 bridgehead atoms. The standard InChI is InChI=1S/C9H14N4O/c1-7(2)5-9(14)8-6-13(4-3-10)12-11-8/h5-6H,3-4,10H2,1-2H3. The van der Waals surface area contributed by atoms with Crippen molar-refractivity contribution in [1.29, 1.82) is 0 Å². The topological polar surface area (TPSA) is 73.8 Å². The Kier molecular flexibility index (Phi) is 3.53. The van der Waals surface area contributed by atoms with Crippen LogP contribution in [0.2, 0.25) is 0 Å². The van der Waals surface area contributed by atoms with Crippen LogP contribution in [-0.2, 0) is 6.54 Å². The molecule has 1 heterocycles. The zero-order chi connectivity index (χ0) is 10.6. The smallest absolute Gasteiger partial charge is 0.207 e. The van der Waals surface area contributed by atoms with E-state index in [9.17, 15) is 4.79 Å². The van der Waals surface area contributed by atoms with Crippen LogP contribution in [0.1, 0.15) is 24.3 Å². The van der Waals surface area contributed by atoms with Crippen molar-refractivity contribution >= 4 is 5.78 Å². The van der Waals surface area contributed by atoms with Gasteiger partial charge in [-0.25, -0.2) is 0 Å². The minimum absolute atomic E-state index is 0.117. The van der Waals surface area contributed by atoms with Crippen LogP contribution in [0.3, 0.4) is 0 Å². The molecule has 1 rings (SSSR count). The van der Waals surface area contributed by atoms with Crippen molar-refractivity contribution in [1.82, 2.24) is 15.0 Å². The number of aromatic nitrogens is 3. The molecule has 0 radical (unpaired) electrons. The van der Waals surface area contributed by atoms with E-state index in [4.69, 9.17) is 5.73 Å². The van der Waals surface area contributed by atoms with Gasteiger partial charge in [0.2, 0.25) is 5.78 Å². The van der Waals surface area contributed by atoms with E-state index in [0.717, 1.165) is 5.57 Å². The molecule has 0 aromatic carbocycles. The minimum Gasteiger partial charge on any atom is -0.329 e. The zero-order valence-electron chi connectivity index (χ0n) is 8.40. The van der Waals surface area contributed by atoms with E-state index in [1.165, 1.54) is 6.08 Å². The van der Waals surface area contributed by atoms with Gasteiger partial charge in [0.1, 0.15) is 0 Å². The van der Waals surface area contributed by atoms with Gasteiger partial charge in [0.05, 0.1) is 12.7 Å². The molecule has 0 amide bonds. The van der Waals surface area contributed by atoms with Crippen molar-refractivity contribution in [3.63, 3.8) is 0 Å². The second-order valence-corrected chi connectivity index (χ2v) is 3.24. The van der Waals surface area contributed by atoms with Gasteiger partial charge >= 0.3 is 0 Å². The first kappa shape index (κ1) is 10.6. The first-order valence-corrected chi connectivity index (χ1v) is 4.43. The molecule has 2 N–H and O–H groups in total. The molecule has 0 spiro atoms. The van der Waals surface area contributed by atoms with Gasteiger partial charge in [-0.05, 0) is 19.9 Å². The highest BCUT2D eigenvalue weighted by Crippen LogP contribution is 1.99. The van der Waals surface area contributed by atoms with Crippen LogP contribution in [0.4, 0.5) is 0 Å². The number of ketones is 1. The number of nitrogens with two attached hydrogens (primary N) is 1. The van der Waals surface area contributed by atoms with Crippen LogP contribution in [0.15, 0.2) is 17.8 Å². The van der Waals surface area contributed by atoms with Gasteiger partial charge in [-0.1, -0.05) is 10.8 Å². The Balaban J connectivity index is 2.76. The number of carbonyl (C=O) groups is 1. The van der Waals surface area contributed by atoms with Gasteiger partial charge in [-0.3, -0.25) is 9.48 Å². The molecular weight excluding hydrogens is 180 g/mol. The highest BCUT2D eigenvalue weighted by atomic mass is 16.1. The molecule has 0 aliphatic carbocycles. The summed E-state index contributed by atoms with van der Waals surface area (Å²) in [5, 5.41) is 7.52. The van der Waals surface area contributed by atoms with E-state index in [0.29, 0.717) is 18.8 Å². The van der Waals surface area contributed by atoms with E-state index >= 15 is 0 Å². The highest BCUT2D eigenvalue weighted by Gasteiger charge is 2.07. The quantitative estimate of drug-likeness (QED) is 0.555. The van der Waals surface area contributed by atoms with E-state index < -0.39 is 0 Å². The normalized spacial score (nSPS) is 9.93. The molecule has 1 aromatic rings. The molecule has 1 aromatic heterocycles. The Morgan fingerprint density at radius 1 is 1.64 bits per heavy atom. The molecule has 0 atom stereocenters. The SMILES string of the molecule is CC(C)=CC(=O)c1cn(CCN)nn1. The number of rotatable bonds is 4. The molecule has 5 nitrogen and oxygen atoms in total. The maximum atomic E-state index is 11.4. The Bertz CT molecular complexity index is 349. The summed E-state index contributed by atoms with van der Waals surface area (Å²) in [5.41, 5.74) is 6.65. The third-order valence-corrected chi connectivity index (χ3v) is 1.57. The number of nitrogens with zero attached hydrogens (tertiary/aromatic N) is 3. The fourth-order valence-corrected chi connectivity index (χ4v) is 0.989. The molecule has 0 unspecified atom stereocenters. The van der Waals surface area contributed by atoms with Crippen LogP contribution >= 0.6 is 0 Å². The lowest BCUT2D eigenvalue weighted by molar-refractivity contribution is 0.104. The molecule has 76 valence electrons. The first-order chi connectivity index (χ1) is 6.63. The highest BCUT2D eigenvalue weighted by molar-refractivity contribution is 6.03. The van der Waals surface area contributed by atoms with Crippen molar-refractivity contribution in [2.24, 2.45) is 5.73 Å². The molecule has 0 fully saturated rings. The summed E-state index contributed by atoms with van der Waals surface area (Å²) in [7, 11) is 0. The maximum Gasteiger partial charge on any atom is 0.207 e. The molecule has 0 aliphatic heterocycles. The maximum absolute atomic E-state index is 11.4. The van der Waals surface area contributed by atoms with E-state index in [2.05, 4.69) is 10.3 Å². The Hall–Kier alpha value is -1.49. The monoisotopic (exact) mass is 194 g/mol. The van der Waals surface area contributed by atoms with Crippen molar-refractivity contribution in [2.45, 2.75) is 20.4 Å². The van der Waals surface area contributed by atoms with E-state index in [1.54, 1.807) is 10.9 Å². The summed E-state index contributed by atoms with van der Waals surface area (Å²) in [5.74, 6) is -0.117. The van der Waals surface area contributed by atoms with Gasteiger partial charge in [0.15, 0.2) is 5.69 Å². The second kappa shape index (κ2) is 4.66. The van der Waals surface area contributed by atoms with Gasteiger partial charge in [0.25, 0.3) is 0 Å². The van der Waals surface area contributed by atoms with Gasteiger partial charge < -0.3 is 5.73 Å².